The fourth-order valence-electron chi connectivity index (χ4n) is 10.9. The van der Waals surface area contributed by atoms with Crippen LogP contribution in [0.3, 0.4) is 0 Å². The zero-order chi connectivity index (χ0) is 70.5. The van der Waals surface area contributed by atoms with Crippen molar-refractivity contribution in [3.63, 3.8) is 0 Å². The van der Waals surface area contributed by atoms with Crippen molar-refractivity contribution in [3.05, 3.63) is 35.9 Å². The van der Waals surface area contributed by atoms with Crippen LogP contribution in [0.25, 0.3) is 0 Å². The van der Waals surface area contributed by atoms with E-state index in [1.165, 1.54) is 23.6 Å². The Balaban J connectivity index is 1.75. The van der Waals surface area contributed by atoms with Crippen molar-refractivity contribution in [2.24, 2.45) is 51.4 Å². The lowest BCUT2D eigenvalue weighted by Crippen LogP contribution is -2.60. The zero-order valence-electron chi connectivity index (χ0n) is 55.4. The number of aliphatic imine (C=N–C) groups is 1. The maximum Gasteiger partial charge on any atom is 0.326 e. The maximum absolute atomic E-state index is 14.6. The first-order valence-corrected chi connectivity index (χ1v) is 32.3. The van der Waals surface area contributed by atoms with Gasteiger partial charge in [-0.05, 0) is 121 Å². The van der Waals surface area contributed by atoms with Crippen LogP contribution in [0.5, 0.6) is 0 Å². The molecule has 32 nitrogen and oxygen atoms in total. The van der Waals surface area contributed by atoms with Gasteiger partial charge < -0.3 is 96.5 Å². The van der Waals surface area contributed by atoms with Gasteiger partial charge >= 0.3 is 5.97 Å². The van der Waals surface area contributed by atoms with E-state index in [0.717, 1.165) is 0 Å². The van der Waals surface area contributed by atoms with Crippen LogP contribution in [-0.4, -0.2) is 208 Å². The molecule has 0 aliphatic carbocycles. The third kappa shape index (κ3) is 26.8. The summed E-state index contributed by atoms with van der Waals surface area (Å²) in [5.74, 6) is -11.6. The maximum atomic E-state index is 14.6. The Bertz CT molecular complexity index is 2790. The van der Waals surface area contributed by atoms with E-state index in [1.807, 2.05) is 13.8 Å². The summed E-state index contributed by atoms with van der Waals surface area (Å²) in [5.41, 5.74) is 28.6. The number of nitrogens with zero attached hydrogens (tertiary/aromatic N) is 3. The first-order valence-electron chi connectivity index (χ1n) is 32.3. The number of aliphatic carboxylic acids is 1. The number of likely N-dealkylation sites (tertiary alicyclic amines) is 2. The Morgan fingerprint density at radius 3 is 1.48 bits per heavy atom. The molecule has 0 saturated carbocycles. The number of carboxylic acids is 1. The molecule has 2 fully saturated rings. The SMILES string of the molecule is CC(C)C[C@H](NC(=O)[C@@H](N)CO)C(=O)N[C@@H](CCCCN)C(=O)N1CCC[C@H]1C(=O)N[C@@H](C)C(=O)N[C@@H](C)C(=O)N[C@@H](CC(N)=O)C(=O)N[C@@H](CC(C)C)C(=O)N1CCC[C@H]1C(=O)N[C@@H](CC(C)C)C(=O)N[C@@H](CCCN=C(N)N)C(=O)N[C@@H](Cc1ccccc1)C(=O)O. The number of amides is 12. The number of carbonyl (C=O) groups excluding carboxylic acids is 12. The normalized spacial score (nSPS) is 17.7. The molecular formula is C62H103N17O15. The van der Waals surface area contributed by atoms with Gasteiger partial charge in [0, 0.05) is 26.1 Å². The Morgan fingerprint density at radius 1 is 0.521 bits per heavy atom. The van der Waals surface area contributed by atoms with Gasteiger partial charge in [-0.25, -0.2) is 4.79 Å². The molecule has 0 aromatic heterocycles. The molecule has 0 unspecified atom stereocenters. The van der Waals surface area contributed by atoms with Gasteiger partial charge in [-0.1, -0.05) is 71.9 Å². The fourth-order valence-corrected chi connectivity index (χ4v) is 10.9. The number of rotatable bonds is 40. The first-order chi connectivity index (χ1) is 44.3. The molecule has 2 aliphatic rings. The highest BCUT2D eigenvalue weighted by atomic mass is 16.4. The van der Waals surface area contributed by atoms with Gasteiger partial charge in [-0.15, -0.1) is 0 Å². The highest BCUT2D eigenvalue weighted by molar-refractivity contribution is 6.00. The topological polar surface area (TPSA) is 520 Å². The van der Waals surface area contributed by atoms with E-state index >= 15 is 0 Å². The van der Waals surface area contributed by atoms with Gasteiger partial charge in [0.1, 0.15) is 72.5 Å². The second-order valence-electron chi connectivity index (χ2n) is 25.4. The summed E-state index contributed by atoms with van der Waals surface area (Å²) in [6.07, 6.45) is 1.78. The van der Waals surface area contributed by atoms with Crippen LogP contribution in [0.4, 0.5) is 0 Å². The molecule has 2 aliphatic heterocycles. The largest absolute Gasteiger partial charge is 0.480 e. The minimum atomic E-state index is -1.69. The summed E-state index contributed by atoms with van der Waals surface area (Å²) >= 11 is 0. The molecule has 12 amide bonds. The van der Waals surface area contributed by atoms with Gasteiger partial charge in [0.2, 0.25) is 70.9 Å². The highest BCUT2D eigenvalue weighted by Crippen LogP contribution is 2.23. The van der Waals surface area contributed by atoms with E-state index < -0.39 is 162 Å². The number of hydrogen-bond donors (Lipinski definition) is 16. The summed E-state index contributed by atoms with van der Waals surface area (Å²) in [4.78, 5) is 184. The predicted molar refractivity (Wildman–Crippen MR) is 346 cm³/mol. The summed E-state index contributed by atoms with van der Waals surface area (Å²) in [6, 6.07) is -6.81. The predicted octanol–water partition coefficient (Wildman–Crippen LogP) is -3.79. The highest BCUT2D eigenvalue weighted by Gasteiger charge is 2.42. The van der Waals surface area contributed by atoms with Crippen LogP contribution in [0.2, 0.25) is 0 Å². The second-order valence-corrected chi connectivity index (χ2v) is 25.4. The molecule has 94 heavy (non-hydrogen) atoms. The Hall–Kier alpha value is -8.52. The van der Waals surface area contributed by atoms with Crippen LogP contribution in [0, 0.1) is 17.8 Å². The molecule has 2 saturated heterocycles. The van der Waals surface area contributed by atoms with Crippen LogP contribution in [-0.2, 0) is 68.7 Å². The van der Waals surface area contributed by atoms with Crippen LogP contribution in [0.15, 0.2) is 35.3 Å². The van der Waals surface area contributed by atoms with E-state index in [-0.39, 0.29) is 101 Å². The molecule has 32 heteroatoms. The lowest BCUT2D eigenvalue weighted by Gasteiger charge is -2.32. The second kappa shape index (κ2) is 39.9. The standard InChI is InChI=1S/C62H103N17O15/c1-33(2)27-42(74-52(84)39(64)32-80)55(87)72-41(19-12-13-23-63)59(91)78-25-15-21-47(78)57(89)70-36(7)50(82)69-37(8)51(83)73-44(31-49(65)81)56(88)76-45(29-35(5)6)60(92)79-26-16-22-48(79)58(90)75-43(28-34(3)4)54(86)71-40(20-14-24-68-62(66)67)53(85)77-46(61(93)94)30-38-17-10-9-11-18-38/h9-11,17-18,33-37,39-48,80H,12-16,19-32,63-64H2,1-8H3,(H2,65,81)(H,69,82)(H,70,89)(H,71,86)(H,72,87)(H,73,83)(H,74,84)(H,75,90)(H,76,88)(H,77,85)(H,93,94)(H4,66,67,68)/t36-,37-,39-,40-,41-,42-,43-,44-,45-,46-,47-,48-/m0/s1. The lowest BCUT2D eigenvalue weighted by molar-refractivity contribution is -0.143. The van der Waals surface area contributed by atoms with Crippen molar-refractivity contribution in [1.82, 2.24) is 57.7 Å². The molecule has 526 valence electrons. The third-order valence-electron chi connectivity index (χ3n) is 15.8. The van der Waals surface area contributed by atoms with Crippen molar-refractivity contribution in [2.75, 3.05) is 32.8 Å². The minimum Gasteiger partial charge on any atom is -0.480 e. The lowest BCUT2D eigenvalue weighted by atomic mass is 10.00. The molecule has 0 radical (unpaired) electrons. The van der Waals surface area contributed by atoms with Gasteiger partial charge in [0.25, 0.3) is 0 Å². The summed E-state index contributed by atoms with van der Waals surface area (Å²) in [6.45, 7) is 13.3. The average molecular weight is 1330 g/mol. The number of carboxylic acid groups (broad SMARTS) is 1. The molecular weight excluding hydrogens is 1220 g/mol. The summed E-state index contributed by atoms with van der Waals surface area (Å²) in [5, 5.41) is 42.8. The van der Waals surface area contributed by atoms with Crippen LogP contribution in [0.1, 0.15) is 144 Å². The van der Waals surface area contributed by atoms with E-state index in [4.69, 9.17) is 28.7 Å². The van der Waals surface area contributed by atoms with E-state index in [9.17, 15) is 72.5 Å². The number of nitrogens with one attached hydrogen (secondary N) is 9. The number of unbranched alkanes of at least 4 members (excludes halogenated alkanes) is 1. The average Bonchev–Trinajstić information content (AvgIpc) is 1.63. The fraction of sp³-hybridized carbons (Fsp3) is 0.677. The van der Waals surface area contributed by atoms with Crippen molar-refractivity contribution >= 4 is 82.8 Å². The van der Waals surface area contributed by atoms with E-state index in [0.29, 0.717) is 37.8 Å². The first kappa shape index (κ1) is 79.7. The summed E-state index contributed by atoms with van der Waals surface area (Å²) in [7, 11) is 0. The van der Waals surface area contributed by atoms with Crippen molar-refractivity contribution in [2.45, 2.75) is 218 Å². The Labute approximate surface area is 549 Å². The monoisotopic (exact) mass is 1330 g/mol. The molecule has 12 atom stereocenters. The quantitative estimate of drug-likeness (QED) is 0.0170. The molecule has 1 aromatic carbocycles. The van der Waals surface area contributed by atoms with E-state index in [1.54, 1.807) is 58.0 Å². The smallest absolute Gasteiger partial charge is 0.326 e. The van der Waals surface area contributed by atoms with E-state index in [2.05, 4.69) is 52.8 Å². The number of benzene rings is 1. The van der Waals surface area contributed by atoms with Gasteiger partial charge in [0.05, 0.1) is 13.0 Å². The Kier molecular flexibility index (Phi) is 33.8. The minimum absolute atomic E-state index is 0.0168. The number of aliphatic hydroxyl groups is 1. The third-order valence-corrected chi connectivity index (χ3v) is 15.8. The van der Waals surface area contributed by atoms with Crippen molar-refractivity contribution < 1.29 is 72.5 Å². The van der Waals surface area contributed by atoms with Gasteiger partial charge in [-0.2, -0.15) is 0 Å². The van der Waals surface area contributed by atoms with Gasteiger partial charge in [-0.3, -0.25) is 62.5 Å². The molecule has 0 bridgehead atoms. The van der Waals surface area contributed by atoms with Crippen LogP contribution < -0.4 is 76.5 Å². The molecule has 2 heterocycles. The number of carbonyl (C=O) groups is 13. The van der Waals surface area contributed by atoms with Gasteiger partial charge in [0.15, 0.2) is 5.96 Å². The molecule has 0 spiro atoms. The Morgan fingerprint density at radius 2 is 0.957 bits per heavy atom. The number of nitrogens with two attached hydrogens (primary N) is 5. The molecule has 3 rings (SSSR count). The zero-order valence-corrected chi connectivity index (χ0v) is 55.4. The molecule has 1 aromatic rings. The molecule has 21 N–H and O–H groups in total. The number of primary amides is 1. The number of hydrogen-bond acceptors (Lipinski definition) is 17. The van der Waals surface area contributed by atoms with Crippen molar-refractivity contribution in [1.29, 1.82) is 0 Å². The van der Waals surface area contributed by atoms with Crippen molar-refractivity contribution in [3.8, 4) is 0 Å². The number of aliphatic hydroxyl groups excluding tert-OH is 1. The van der Waals surface area contributed by atoms with Crippen LogP contribution >= 0.6 is 0 Å². The number of guanidine groups is 1. The summed E-state index contributed by atoms with van der Waals surface area (Å²) < 4.78 is 0.